The van der Waals surface area contributed by atoms with Crippen LogP contribution in [-0.2, 0) is 11.2 Å². The van der Waals surface area contributed by atoms with Gasteiger partial charge in [-0.15, -0.1) is 12.4 Å². The number of carbonyl (C=O) groups is 1. The minimum atomic E-state index is 0. The van der Waals surface area contributed by atoms with Gasteiger partial charge in [0.15, 0.2) is 0 Å². The highest BCUT2D eigenvalue weighted by Gasteiger charge is 2.23. The first kappa shape index (κ1) is 21.9. The lowest BCUT2D eigenvalue weighted by Crippen LogP contribution is -2.49. The normalized spacial score (nSPS) is 13.8. The van der Waals surface area contributed by atoms with Gasteiger partial charge in [0.2, 0.25) is 11.9 Å². The van der Waals surface area contributed by atoms with Gasteiger partial charge in [-0.25, -0.2) is 4.98 Å². The van der Waals surface area contributed by atoms with Crippen LogP contribution in [0.4, 0.5) is 5.95 Å². The van der Waals surface area contributed by atoms with Crippen LogP contribution in [0.1, 0.15) is 24.0 Å². The molecule has 1 aliphatic heterocycles. The second-order valence-electron chi connectivity index (χ2n) is 7.64. The SMILES string of the molecule is Cc1ccc(-n2ccnc2N2CCN(C(=O)CCCc3ccccc3)CC2)cc1.Cl. The Morgan fingerprint density at radius 2 is 1.67 bits per heavy atom. The van der Waals surface area contributed by atoms with Crippen LogP contribution in [-0.4, -0.2) is 46.5 Å². The molecular weight excluding hydrogens is 396 g/mol. The zero-order valence-corrected chi connectivity index (χ0v) is 18.2. The summed E-state index contributed by atoms with van der Waals surface area (Å²) in [6.45, 7) is 5.23. The third kappa shape index (κ3) is 5.22. The van der Waals surface area contributed by atoms with Gasteiger partial charge in [0.05, 0.1) is 0 Å². The van der Waals surface area contributed by atoms with Crippen LogP contribution in [0.25, 0.3) is 5.69 Å². The maximum atomic E-state index is 12.6. The molecule has 0 atom stereocenters. The highest BCUT2D eigenvalue weighted by molar-refractivity contribution is 5.85. The van der Waals surface area contributed by atoms with Gasteiger partial charge in [0.1, 0.15) is 0 Å². The van der Waals surface area contributed by atoms with E-state index >= 15 is 0 Å². The van der Waals surface area contributed by atoms with Crippen molar-refractivity contribution >= 4 is 24.3 Å². The Morgan fingerprint density at radius 1 is 0.967 bits per heavy atom. The molecule has 0 N–H and O–H groups in total. The van der Waals surface area contributed by atoms with Crippen LogP contribution in [0, 0.1) is 6.92 Å². The number of piperazine rings is 1. The van der Waals surface area contributed by atoms with Crippen LogP contribution >= 0.6 is 12.4 Å². The number of anilines is 1. The number of rotatable bonds is 6. The molecule has 4 rings (SSSR count). The van der Waals surface area contributed by atoms with Crippen molar-refractivity contribution in [3.8, 4) is 5.69 Å². The maximum Gasteiger partial charge on any atom is 0.222 e. The van der Waals surface area contributed by atoms with Gasteiger partial charge in [-0.1, -0.05) is 48.0 Å². The lowest BCUT2D eigenvalue weighted by Gasteiger charge is -2.35. The predicted octanol–water partition coefficient (Wildman–Crippen LogP) is 4.27. The fraction of sp³-hybridized carbons (Fsp3) is 0.333. The van der Waals surface area contributed by atoms with Crippen molar-refractivity contribution in [3.63, 3.8) is 0 Å². The lowest BCUT2D eigenvalue weighted by atomic mass is 10.1. The van der Waals surface area contributed by atoms with Gasteiger partial charge in [0, 0.05) is 50.7 Å². The molecule has 1 aromatic heterocycles. The molecule has 1 aliphatic rings. The summed E-state index contributed by atoms with van der Waals surface area (Å²) < 4.78 is 2.12. The molecule has 30 heavy (non-hydrogen) atoms. The number of halogens is 1. The zero-order valence-electron chi connectivity index (χ0n) is 17.4. The van der Waals surface area contributed by atoms with Crippen LogP contribution < -0.4 is 4.90 Å². The molecule has 2 aromatic carbocycles. The van der Waals surface area contributed by atoms with E-state index in [1.54, 1.807) is 0 Å². The molecule has 0 bridgehead atoms. The fourth-order valence-electron chi connectivity index (χ4n) is 3.84. The number of aryl methyl sites for hydroxylation is 2. The second kappa shape index (κ2) is 10.3. The number of imidazole rings is 1. The first-order chi connectivity index (χ1) is 14.2. The van der Waals surface area contributed by atoms with E-state index in [1.807, 2.05) is 23.4 Å². The number of carbonyl (C=O) groups excluding carboxylic acids is 1. The first-order valence-corrected chi connectivity index (χ1v) is 10.4. The molecule has 0 unspecified atom stereocenters. The summed E-state index contributed by atoms with van der Waals surface area (Å²) >= 11 is 0. The standard InChI is InChI=1S/C24H28N4O.ClH/c1-20-10-12-22(13-11-20)28-15-14-25-24(28)27-18-16-26(17-19-27)23(29)9-5-8-21-6-3-2-4-7-21;/h2-4,6-7,10-15H,5,8-9,16-19H2,1H3;1H. The van der Waals surface area contributed by atoms with E-state index in [9.17, 15) is 4.79 Å². The van der Waals surface area contributed by atoms with E-state index in [1.165, 1.54) is 11.1 Å². The van der Waals surface area contributed by atoms with Crippen LogP contribution in [0.3, 0.4) is 0 Å². The summed E-state index contributed by atoms with van der Waals surface area (Å²) in [6, 6.07) is 18.8. The summed E-state index contributed by atoms with van der Waals surface area (Å²) in [5.41, 5.74) is 3.66. The molecule has 1 fully saturated rings. The molecule has 158 valence electrons. The molecule has 1 saturated heterocycles. The van der Waals surface area contributed by atoms with E-state index in [2.05, 4.69) is 69.9 Å². The average Bonchev–Trinajstić information content (AvgIpc) is 3.25. The lowest BCUT2D eigenvalue weighted by molar-refractivity contribution is -0.131. The van der Waals surface area contributed by atoms with Crippen molar-refractivity contribution in [2.24, 2.45) is 0 Å². The molecule has 3 aromatic rings. The molecule has 2 heterocycles. The Morgan fingerprint density at radius 3 is 2.37 bits per heavy atom. The second-order valence-corrected chi connectivity index (χ2v) is 7.64. The fourth-order valence-corrected chi connectivity index (χ4v) is 3.84. The maximum absolute atomic E-state index is 12.6. The van der Waals surface area contributed by atoms with Crippen molar-refractivity contribution in [1.29, 1.82) is 0 Å². The van der Waals surface area contributed by atoms with Crippen molar-refractivity contribution < 1.29 is 4.79 Å². The van der Waals surface area contributed by atoms with Crippen molar-refractivity contribution in [2.45, 2.75) is 26.2 Å². The van der Waals surface area contributed by atoms with Gasteiger partial charge >= 0.3 is 0 Å². The minimum Gasteiger partial charge on any atom is -0.339 e. The number of aromatic nitrogens is 2. The van der Waals surface area contributed by atoms with E-state index in [0.29, 0.717) is 6.42 Å². The molecule has 5 nitrogen and oxygen atoms in total. The summed E-state index contributed by atoms with van der Waals surface area (Å²) in [4.78, 5) is 21.4. The van der Waals surface area contributed by atoms with Gasteiger partial charge in [-0.3, -0.25) is 9.36 Å². The highest BCUT2D eigenvalue weighted by Crippen LogP contribution is 2.20. The largest absolute Gasteiger partial charge is 0.339 e. The first-order valence-electron chi connectivity index (χ1n) is 10.4. The zero-order chi connectivity index (χ0) is 20.1. The van der Waals surface area contributed by atoms with Crippen molar-refractivity contribution in [3.05, 3.63) is 78.1 Å². The summed E-state index contributed by atoms with van der Waals surface area (Å²) in [6.07, 6.45) is 6.33. The van der Waals surface area contributed by atoms with Gasteiger partial charge in [0.25, 0.3) is 0 Å². The Kier molecular flexibility index (Phi) is 7.52. The van der Waals surface area contributed by atoms with Crippen LogP contribution in [0.2, 0.25) is 0 Å². The van der Waals surface area contributed by atoms with Gasteiger partial charge < -0.3 is 9.80 Å². The Labute approximate surface area is 184 Å². The molecule has 0 radical (unpaired) electrons. The van der Waals surface area contributed by atoms with Crippen molar-refractivity contribution in [1.82, 2.24) is 14.5 Å². The Hall–Kier alpha value is -2.79. The molecule has 0 spiro atoms. The summed E-state index contributed by atoms with van der Waals surface area (Å²) in [5, 5.41) is 0. The number of hydrogen-bond donors (Lipinski definition) is 0. The number of amides is 1. The van der Waals surface area contributed by atoms with Gasteiger partial charge in [-0.05, 0) is 37.5 Å². The predicted molar refractivity (Wildman–Crippen MR) is 124 cm³/mol. The van der Waals surface area contributed by atoms with Crippen LogP contribution in [0.5, 0.6) is 0 Å². The smallest absolute Gasteiger partial charge is 0.222 e. The topological polar surface area (TPSA) is 41.4 Å². The number of hydrogen-bond acceptors (Lipinski definition) is 3. The molecule has 1 amide bonds. The quantitative estimate of drug-likeness (QED) is 0.593. The summed E-state index contributed by atoms with van der Waals surface area (Å²) in [5.74, 6) is 1.22. The van der Waals surface area contributed by atoms with E-state index in [0.717, 1.165) is 50.7 Å². The molecule has 0 aliphatic carbocycles. The monoisotopic (exact) mass is 424 g/mol. The Balaban J connectivity index is 0.00000256. The highest BCUT2D eigenvalue weighted by atomic mass is 35.5. The molecule has 6 heteroatoms. The van der Waals surface area contributed by atoms with Crippen LogP contribution in [0.15, 0.2) is 67.0 Å². The summed E-state index contributed by atoms with van der Waals surface area (Å²) in [7, 11) is 0. The molecular formula is C24H29ClN4O. The number of nitrogens with zero attached hydrogens (tertiary/aromatic N) is 4. The van der Waals surface area contributed by atoms with E-state index < -0.39 is 0 Å². The average molecular weight is 425 g/mol. The Bertz CT molecular complexity index is 931. The number of benzene rings is 2. The molecule has 0 saturated carbocycles. The van der Waals surface area contributed by atoms with E-state index in [4.69, 9.17) is 0 Å². The van der Waals surface area contributed by atoms with E-state index in [-0.39, 0.29) is 18.3 Å². The van der Waals surface area contributed by atoms with Gasteiger partial charge in [-0.2, -0.15) is 0 Å². The third-order valence-corrected chi connectivity index (χ3v) is 5.55. The minimum absolute atomic E-state index is 0. The third-order valence-electron chi connectivity index (χ3n) is 5.55. The van der Waals surface area contributed by atoms with Crippen molar-refractivity contribution in [2.75, 3.05) is 31.1 Å².